The molecule has 1 atom stereocenters. The van der Waals surface area contributed by atoms with E-state index in [1.54, 1.807) is 42.5 Å². The van der Waals surface area contributed by atoms with Crippen LogP contribution in [0.3, 0.4) is 0 Å². The molecule has 3 aromatic carbocycles. The van der Waals surface area contributed by atoms with E-state index in [9.17, 15) is 24.6 Å². The molecule has 1 unspecified atom stereocenters. The van der Waals surface area contributed by atoms with Gasteiger partial charge in [-0.05, 0) is 41.8 Å². The number of rotatable bonds is 6. The van der Waals surface area contributed by atoms with Crippen molar-refractivity contribution in [2.75, 3.05) is 4.90 Å². The van der Waals surface area contributed by atoms with E-state index in [0.717, 1.165) is 4.90 Å². The number of aliphatic imine (C=N–C) groups is 1. The predicted octanol–water partition coefficient (Wildman–Crippen LogP) is -0.0526. The van der Waals surface area contributed by atoms with Crippen LogP contribution < -0.4 is 61.4 Å². The van der Waals surface area contributed by atoms with Crippen LogP contribution in [-0.4, -0.2) is 34.8 Å². The first-order valence-corrected chi connectivity index (χ1v) is 10.0. The predicted molar refractivity (Wildman–Crippen MR) is 117 cm³/mol. The SMILES string of the molecule is O=C(O)C(Cc1ccccc1)N=C([O-])c1cc(Cl)ccc1N1C(=O)c2ccccc2C1=O.[K+]. The number of carbonyl (C=O) groups excluding carboxylic acids is 2. The number of halogens is 1. The smallest absolute Gasteiger partial charge is 0.858 e. The van der Waals surface area contributed by atoms with Crippen LogP contribution in [0.25, 0.3) is 0 Å². The number of carbonyl (C=O) groups is 3. The van der Waals surface area contributed by atoms with Crippen LogP contribution in [0.5, 0.6) is 0 Å². The normalized spacial score (nSPS) is 14.0. The third-order valence-electron chi connectivity index (χ3n) is 5.05. The fourth-order valence-electron chi connectivity index (χ4n) is 3.52. The van der Waals surface area contributed by atoms with Crippen molar-refractivity contribution in [2.24, 2.45) is 4.99 Å². The van der Waals surface area contributed by atoms with Gasteiger partial charge in [-0.3, -0.25) is 14.6 Å². The molecule has 0 bridgehead atoms. The van der Waals surface area contributed by atoms with Crippen LogP contribution in [0.1, 0.15) is 31.8 Å². The second-order valence-electron chi connectivity index (χ2n) is 7.13. The van der Waals surface area contributed by atoms with E-state index in [0.29, 0.717) is 5.56 Å². The number of anilines is 1. The first kappa shape index (κ1) is 25.3. The Kier molecular flexibility index (Phi) is 8.22. The molecular formula is C24H16ClKN2O5. The molecule has 0 fully saturated rings. The molecule has 1 aliphatic heterocycles. The van der Waals surface area contributed by atoms with E-state index >= 15 is 0 Å². The van der Waals surface area contributed by atoms with Gasteiger partial charge < -0.3 is 10.2 Å². The summed E-state index contributed by atoms with van der Waals surface area (Å²) in [6.45, 7) is 0. The van der Waals surface area contributed by atoms with E-state index in [1.165, 1.54) is 30.3 Å². The average Bonchev–Trinajstić information content (AvgIpc) is 3.04. The molecule has 3 aromatic rings. The van der Waals surface area contributed by atoms with Crippen LogP contribution >= 0.6 is 11.6 Å². The Bertz CT molecular complexity index is 1230. The molecule has 9 heteroatoms. The van der Waals surface area contributed by atoms with E-state index in [-0.39, 0.29) is 85.2 Å². The number of carboxylic acid groups (broad SMARTS) is 1. The van der Waals surface area contributed by atoms with Crippen LogP contribution in [0.15, 0.2) is 77.8 Å². The van der Waals surface area contributed by atoms with Crippen molar-refractivity contribution in [3.05, 3.63) is 100 Å². The summed E-state index contributed by atoms with van der Waals surface area (Å²) >= 11 is 6.06. The fourth-order valence-corrected chi connectivity index (χ4v) is 3.69. The summed E-state index contributed by atoms with van der Waals surface area (Å²) in [6.07, 6.45) is 0.00479. The molecule has 1 aliphatic rings. The number of nitrogens with zero attached hydrogens (tertiary/aromatic N) is 2. The maximum Gasteiger partial charge on any atom is 1.00 e. The first-order chi connectivity index (χ1) is 15.4. The van der Waals surface area contributed by atoms with Gasteiger partial charge in [0.25, 0.3) is 11.8 Å². The van der Waals surface area contributed by atoms with Crippen LogP contribution in [0.4, 0.5) is 5.69 Å². The zero-order chi connectivity index (χ0) is 22.8. The molecule has 0 aromatic heterocycles. The van der Waals surface area contributed by atoms with Crippen molar-refractivity contribution in [1.29, 1.82) is 0 Å². The Morgan fingerprint density at radius 3 is 2.12 bits per heavy atom. The zero-order valence-electron chi connectivity index (χ0n) is 17.6. The summed E-state index contributed by atoms with van der Waals surface area (Å²) in [5, 5.41) is 22.8. The van der Waals surface area contributed by atoms with Crippen molar-refractivity contribution in [3.63, 3.8) is 0 Å². The summed E-state index contributed by atoms with van der Waals surface area (Å²) in [5.74, 6) is -3.32. The first-order valence-electron chi connectivity index (χ1n) is 9.66. The molecule has 4 rings (SSSR count). The largest absolute Gasteiger partial charge is 1.00 e. The Labute approximate surface area is 237 Å². The van der Waals surface area contributed by atoms with Crippen LogP contribution in [0.2, 0.25) is 5.02 Å². The standard InChI is InChI=1S/C24H17ClN2O5.K/c25-15-10-11-20(27-22(29)16-8-4-5-9-17(16)23(27)30)18(13-15)21(28)26-19(24(31)32)12-14-6-2-1-3-7-14;/h1-11,13,19H,12H2,(H,26,28)(H,31,32);/q;+1/p-1. The van der Waals surface area contributed by atoms with Crippen LogP contribution in [-0.2, 0) is 11.2 Å². The average molecular weight is 487 g/mol. The number of amides is 2. The molecule has 0 spiro atoms. The molecule has 0 radical (unpaired) electrons. The minimum absolute atomic E-state index is 0. The number of fused-ring (bicyclic) bond motifs is 1. The van der Waals surface area contributed by atoms with Crippen LogP contribution in [0, 0.1) is 0 Å². The molecule has 0 aliphatic carbocycles. The Hall–Kier alpha value is -2.33. The van der Waals surface area contributed by atoms with E-state index in [2.05, 4.69) is 4.99 Å². The zero-order valence-corrected chi connectivity index (χ0v) is 21.4. The van der Waals surface area contributed by atoms with Gasteiger partial charge in [0.05, 0.1) is 16.8 Å². The molecule has 33 heavy (non-hydrogen) atoms. The van der Waals surface area contributed by atoms with Gasteiger partial charge in [-0.1, -0.05) is 54.1 Å². The third-order valence-corrected chi connectivity index (χ3v) is 5.29. The van der Waals surface area contributed by atoms with Crippen molar-refractivity contribution in [3.8, 4) is 0 Å². The number of hydrogen-bond donors (Lipinski definition) is 1. The van der Waals surface area contributed by atoms with Gasteiger partial charge in [-0.15, -0.1) is 0 Å². The van der Waals surface area contributed by atoms with Crippen molar-refractivity contribution in [2.45, 2.75) is 12.5 Å². The van der Waals surface area contributed by atoms with E-state index in [1.807, 2.05) is 0 Å². The minimum Gasteiger partial charge on any atom is -0.858 e. The van der Waals surface area contributed by atoms with Gasteiger partial charge in [0.15, 0.2) is 6.04 Å². The van der Waals surface area contributed by atoms with Gasteiger partial charge in [0, 0.05) is 17.0 Å². The number of imide groups is 1. The maximum absolute atomic E-state index is 13.0. The van der Waals surface area contributed by atoms with Crippen molar-refractivity contribution < 1.29 is 76.0 Å². The molecule has 7 nitrogen and oxygen atoms in total. The summed E-state index contributed by atoms with van der Waals surface area (Å²) < 4.78 is 0. The van der Waals surface area contributed by atoms with Gasteiger partial charge >= 0.3 is 57.4 Å². The molecule has 1 N–H and O–H groups in total. The van der Waals surface area contributed by atoms with E-state index < -0.39 is 29.7 Å². The third kappa shape index (κ3) is 5.27. The van der Waals surface area contributed by atoms with Crippen molar-refractivity contribution in [1.82, 2.24) is 0 Å². The minimum atomic E-state index is -1.35. The van der Waals surface area contributed by atoms with Gasteiger partial charge in [0.2, 0.25) is 0 Å². The molecule has 0 saturated heterocycles. The summed E-state index contributed by atoms with van der Waals surface area (Å²) in [6, 6.07) is 17.8. The van der Waals surface area contributed by atoms with Gasteiger partial charge in [0.1, 0.15) is 0 Å². The van der Waals surface area contributed by atoms with Gasteiger partial charge in [-0.2, -0.15) is 0 Å². The molecule has 160 valence electrons. The fraction of sp³-hybridized carbons (Fsp3) is 0.0833. The summed E-state index contributed by atoms with van der Waals surface area (Å²) in [7, 11) is 0. The quantitative estimate of drug-likeness (QED) is 0.227. The number of benzene rings is 3. The number of aliphatic carboxylic acids is 1. The van der Waals surface area contributed by atoms with E-state index in [4.69, 9.17) is 11.6 Å². The molecule has 0 saturated carbocycles. The summed E-state index contributed by atoms with van der Waals surface area (Å²) in [5.41, 5.74) is 0.998. The van der Waals surface area contributed by atoms with Crippen molar-refractivity contribution >= 4 is 41.0 Å². The number of hydrogen-bond acceptors (Lipinski definition) is 5. The molecule has 2 amide bonds. The second kappa shape index (κ2) is 10.7. The Balaban J connectivity index is 0.00000306. The van der Waals surface area contributed by atoms with Gasteiger partial charge in [-0.25, -0.2) is 9.69 Å². The molecular weight excluding hydrogens is 471 g/mol. The summed E-state index contributed by atoms with van der Waals surface area (Å²) in [4.78, 5) is 42.2. The molecule has 1 heterocycles. The monoisotopic (exact) mass is 486 g/mol. The number of carboxylic acids is 1. The Morgan fingerprint density at radius 2 is 1.55 bits per heavy atom. The maximum atomic E-state index is 13.0. The Morgan fingerprint density at radius 1 is 0.970 bits per heavy atom. The topological polar surface area (TPSA) is 110 Å². The second-order valence-corrected chi connectivity index (χ2v) is 7.57.